The van der Waals surface area contributed by atoms with E-state index in [0.29, 0.717) is 12.0 Å². The van der Waals surface area contributed by atoms with Gasteiger partial charge in [0.25, 0.3) is 0 Å². The molecule has 0 aliphatic rings. The molecule has 4 nitrogen and oxygen atoms in total. The summed E-state index contributed by atoms with van der Waals surface area (Å²) in [5.74, 6) is -1.09. The van der Waals surface area contributed by atoms with Crippen LogP contribution in [0.25, 0.3) is 0 Å². The van der Waals surface area contributed by atoms with Crippen molar-refractivity contribution in [3.05, 3.63) is 35.4 Å². The fraction of sp³-hybridized carbons (Fsp3) is 0.273. The third-order valence-corrected chi connectivity index (χ3v) is 2.04. The van der Waals surface area contributed by atoms with E-state index in [-0.39, 0.29) is 12.5 Å². The first-order valence-electron chi connectivity index (χ1n) is 4.64. The largest absolute Gasteiger partial charge is 0.550 e. The molecule has 0 saturated carbocycles. The van der Waals surface area contributed by atoms with Crippen molar-refractivity contribution in [1.29, 1.82) is 5.26 Å². The van der Waals surface area contributed by atoms with E-state index in [4.69, 9.17) is 5.26 Å². The highest BCUT2D eigenvalue weighted by molar-refractivity contribution is 5.64. The van der Waals surface area contributed by atoms with Gasteiger partial charge in [0, 0.05) is 18.8 Å². The molecular weight excluding hydrogens is 192 g/mol. The van der Waals surface area contributed by atoms with Gasteiger partial charge in [-0.15, -0.1) is 0 Å². The lowest BCUT2D eigenvalue weighted by Gasteiger charge is -2.09. The Hall–Kier alpha value is -1.86. The Morgan fingerprint density at radius 2 is 2.33 bits per heavy atom. The van der Waals surface area contributed by atoms with Gasteiger partial charge in [-0.2, -0.15) is 5.26 Å². The predicted octanol–water partition coefficient (Wildman–Crippen LogP) is -1.15. The van der Waals surface area contributed by atoms with E-state index in [1.54, 1.807) is 18.2 Å². The maximum absolute atomic E-state index is 10.3. The molecule has 15 heavy (non-hydrogen) atoms. The molecule has 0 unspecified atom stereocenters. The minimum atomic E-state index is -1.09. The van der Waals surface area contributed by atoms with Gasteiger partial charge in [0.05, 0.1) is 17.7 Å². The van der Waals surface area contributed by atoms with E-state index >= 15 is 0 Å². The summed E-state index contributed by atoms with van der Waals surface area (Å²) in [5, 5.41) is 19.0. The summed E-state index contributed by atoms with van der Waals surface area (Å²) in [6, 6.07) is 8.90. The van der Waals surface area contributed by atoms with Crippen LogP contribution in [0.15, 0.2) is 24.3 Å². The number of hydrogen-bond donors (Lipinski definition) is 1. The molecule has 1 aromatic rings. The van der Waals surface area contributed by atoms with Gasteiger partial charge in [-0.1, -0.05) is 12.1 Å². The standard InChI is InChI=1S/C11H12N2O2/c12-7-9-3-1-2-8(4-9)5-10(13)6-11(14)15/h1-4,10H,5-6,13H2,(H,14,15)/t10-/m0/s1. The molecule has 0 bridgehead atoms. The molecule has 0 heterocycles. The first-order valence-corrected chi connectivity index (χ1v) is 4.64. The molecule has 0 fully saturated rings. The Balaban J connectivity index is 2.64. The van der Waals surface area contributed by atoms with Crippen LogP contribution in [0.3, 0.4) is 0 Å². The van der Waals surface area contributed by atoms with Crippen LogP contribution in [0.2, 0.25) is 0 Å². The number of carboxylic acid groups (broad SMARTS) is 1. The average Bonchev–Trinajstić information content (AvgIpc) is 2.16. The van der Waals surface area contributed by atoms with Crippen molar-refractivity contribution in [2.75, 3.05) is 0 Å². The monoisotopic (exact) mass is 204 g/mol. The lowest BCUT2D eigenvalue weighted by molar-refractivity contribution is -0.423. The van der Waals surface area contributed by atoms with Gasteiger partial charge in [0.15, 0.2) is 0 Å². The molecule has 4 heteroatoms. The van der Waals surface area contributed by atoms with Crippen molar-refractivity contribution in [2.24, 2.45) is 0 Å². The molecule has 1 atom stereocenters. The van der Waals surface area contributed by atoms with E-state index < -0.39 is 5.97 Å². The molecule has 3 N–H and O–H groups in total. The Morgan fingerprint density at radius 1 is 1.60 bits per heavy atom. The van der Waals surface area contributed by atoms with Gasteiger partial charge in [0.1, 0.15) is 0 Å². The first-order chi connectivity index (χ1) is 7.11. The number of quaternary nitrogens is 1. The topological polar surface area (TPSA) is 91.6 Å². The molecule has 0 aliphatic carbocycles. The molecular formula is C11H12N2O2. The van der Waals surface area contributed by atoms with Crippen LogP contribution >= 0.6 is 0 Å². The van der Waals surface area contributed by atoms with Gasteiger partial charge in [-0.25, -0.2) is 0 Å². The van der Waals surface area contributed by atoms with Gasteiger partial charge < -0.3 is 15.6 Å². The van der Waals surface area contributed by atoms with Crippen LogP contribution in [-0.2, 0) is 11.2 Å². The number of carbonyl (C=O) groups excluding carboxylic acids is 1. The van der Waals surface area contributed by atoms with Gasteiger partial charge in [-0.3, -0.25) is 0 Å². The van der Waals surface area contributed by atoms with E-state index in [9.17, 15) is 9.90 Å². The zero-order valence-electron chi connectivity index (χ0n) is 8.27. The smallest absolute Gasteiger partial charge is 0.0991 e. The van der Waals surface area contributed by atoms with Crippen LogP contribution in [0.1, 0.15) is 17.5 Å². The quantitative estimate of drug-likeness (QED) is 0.671. The van der Waals surface area contributed by atoms with Crippen molar-refractivity contribution in [3.63, 3.8) is 0 Å². The third kappa shape index (κ3) is 3.79. The molecule has 1 aromatic carbocycles. The second-order valence-electron chi connectivity index (χ2n) is 3.46. The molecule has 0 aliphatic heterocycles. The van der Waals surface area contributed by atoms with E-state index in [1.165, 1.54) is 0 Å². The number of nitriles is 1. The first kappa shape index (κ1) is 11.2. The maximum atomic E-state index is 10.3. The number of nitrogens with zero attached hydrogens (tertiary/aromatic N) is 1. The number of rotatable bonds is 4. The van der Waals surface area contributed by atoms with E-state index in [0.717, 1.165) is 5.56 Å². The van der Waals surface area contributed by atoms with Crippen molar-refractivity contribution in [2.45, 2.75) is 18.9 Å². The summed E-state index contributed by atoms with van der Waals surface area (Å²) in [4.78, 5) is 10.3. The third-order valence-electron chi connectivity index (χ3n) is 2.04. The summed E-state index contributed by atoms with van der Waals surface area (Å²) in [7, 11) is 0. The Bertz CT molecular complexity index is 396. The highest BCUT2D eigenvalue weighted by atomic mass is 16.4. The lowest BCUT2D eigenvalue weighted by atomic mass is 10.0. The highest BCUT2D eigenvalue weighted by Crippen LogP contribution is 2.06. The molecule has 78 valence electrons. The van der Waals surface area contributed by atoms with Crippen molar-refractivity contribution in [1.82, 2.24) is 0 Å². The summed E-state index contributed by atoms with van der Waals surface area (Å²) >= 11 is 0. The van der Waals surface area contributed by atoms with Gasteiger partial charge >= 0.3 is 0 Å². The summed E-state index contributed by atoms with van der Waals surface area (Å²) < 4.78 is 0. The highest BCUT2D eigenvalue weighted by Gasteiger charge is 2.08. The summed E-state index contributed by atoms with van der Waals surface area (Å²) in [6.07, 6.45) is 0.486. The number of hydrogen-bond acceptors (Lipinski definition) is 3. The fourth-order valence-corrected chi connectivity index (χ4v) is 1.41. The SMILES string of the molecule is N#Cc1cccc(C[C@H]([NH3+])CC(=O)[O-])c1. The minimum absolute atomic E-state index is 0.0587. The molecule has 0 amide bonds. The lowest BCUT2D eigenvalue weighted by Crippen LogP contribution is -2.63. The van der Waals surface area contributed by atoms with Crippen LogP contribution in [0.5, 0.6) is 0 Å². The van der Waals surface area contributed by atoms with Gasteiger partial charge in [0.2, 0.25) is 0 Å². The summed E-state index contributed by atoms with van der Waals surface area (Å²) in [5.41, 5.74) is 5.23. The molecule has 0 radical (unpaired) electrons. The second-order valence-corrected chi connectivity index (χ2v) is 3.46. The van der Waals surface area contributed by atoms with Crippen molar-refractivity contribution < 1.29 is 15.6 Å². The normalized spacial score (nSPS) is 11.7. The Kier molecular flexibility index (Phi) is 3.83. The van der Waals surface area contributed by atoms with Crippen LogP contribution in [0.4, 0.5) is 0 Å². The molecule has 0 saturated heterocycles. The fourth-order valence-electron chi connectivity index (χ4n) is 1.41. The molecule has 0 spiro atoms. The number of carboxylic acids is 1. The minimum Gasteiger partial charge on any atom is -0.550 e. The van der Waals surface area contributed by atoms with Crippen LogP contribution in [0, 0.1) is 11.3 Å². The zero-order chi connectivity index (χ0) is 11.3. The Labute approximate surface area is 87.9 Å². The Morgan fingerprint density at radius 3 is 2.93 bits per heavy atom. The number of benzene rings is 1. The van der Waals surface area contributed by atoms with E-state index in [2.05, 4.69) is 5.73 Å². The number of aliphatic carboxylic acids is 1. The van der Waals surface area contributed by atoms with Crippen molar-refractivity contribution >= 4 is 5.97 Å². The summed E-state index contributed by atoms with van der Waals surface area (Å²) in [6.45, 7) is 0. The second kappa shape index (κ2) is 5.13. The van der Waals surface area contributed by atoms with Crippen LogP contribution in [-0.4, -0.2) is 12.0 Å². The molecule has 0 aromatic heterocycles. The molecule has 1 rings (SSSR count). The van der Waals surface area contributed by atoms with Crippen molar-refractivity contribution in [3.8, 4) is 6.07 Å². The van der Waals surface area contributed by atoms with E-state index in [1.807, 2.05) is 12.1 Å². The average molecular weight is 204 g/mol. The maximum Gasteiger partial charge on any atom is 0.0991 e. The predicted molar refractivity (Wildman–Crippen MR) is 51.2 cm³/mol. The zero-order valence-corrected chi connectivity index (χ0v) is 8.27. The van der Waals surface area contributed by atoms with Crippen LogP contribution < -0.4 is 10.8 Å². The van der Waals surface area contributed by atoms with Gasteiger partial charge in [-0.05, 0) is 17.7 Å². The number of carbonyl (C=O) groups is 1.